The van der Waals surface area contributed by atoms with E-state index in [4.69, 9.17) is 0 Å². The van der Waals surface area contributed by atoms with Gasteiger partial charge >= 0.3 is 0 Å². The number of halogens is 15. The zero-order chi connectivity index (χ0) is 44.7. The predicted octanol–water partition coefficient (Wildman–Crippen LogP) is 10.9. The normalized spacial score (nSPS) is 14.5. The van der Waals surface area contributed by atoms with Gasteiger partial charge in [-0.2, -0.15) is 0 Å². The molecule has 0 aromatic heterocycles. The number of hydrogen-bond acceptors (Lipinski definition) is 0. The summed E-state index contributed by atoms with van der Waals surface area (Å²) in [6.45, 7) is 5.33. The predicted molar refractivity (Wildman–Crippen MR) is 206 cm³/mol. The Bertz CT molecular complexity index is 2720. The maximum Gasteiger partial charge on any atom is 0.278 e. The summed E-state index contributed by atoms with van der Waals surface area (Å²) in [6.07, 6.45) is 0. The van der Waals surface area contributed by atoms with Crippen molar-refractivity contribution in [3.05, 3.63) is 189 Å². The van der Waals surface area contributed by atoms with Crippen molar-refractivity contribution in [1.82, 2.24) is 0 Å². The van der Waals surface area contributed by atoms with Crippen molar-refractivity contribution >= 4 is 53.4 Å². The first kappa shape index (κ1) is 43.4. The molecule has 0 N–H and O–H groups in total. The first-order valence-electron chi connectivity index (χ1n) is 17.8. The van der Waals surface area contributed by atoms with E-state index in [0.29, 0.717) is 0 Å². The molecule has 1 aliphatic rings. The molecule has 6 aromatic carbocycles. The molecule has 0 fully saturated rings. The van der Waals surface area contributed by atoms with Crippen molar-refractivity contribution in [2.75, 3.05) is 0 Å². The Kier molecular flexibility index (Phi) is 10.9. The largest absolute Gasteiger partial charge is 0.278 e. The van der Waals surface area contributed by atoms with Crippen LogP contribution in [0.25, 0.3) is 10.8 Å². The van der Waals surface area contributed by atoms with Gasteiger partial charge in [-0.3, -0.25) is 0 Å². The second kappa shape index (κ2) is 15.3. The van der Waals surface area contributed by atoms with Crippen LogP contribution in [0, 0.1) is 98.7 Å². The van der Waals surface area contributed by atoms with E-state index < -0.39 is 152 Å². The van der Waals surface area contributed by atoms with Gasteiger partial charge in [0.05, 0.1) is 10.6 Å². The maximum absolute atomic E-state index is 17.1. The second-order valence-electron chi connectivity index (χ2n) is 14.9. The lowest BCUT2D eigenvalue weighted by Crippen LogP contribution is -2.73. The van der Waals surface area contributed by atoms with E-state index in [1.165, 1.54) is 54.6 Å². The molecular formula is C43H23BF15PSi. The summed E-state index contributed by atoms with van der Waals surface area (Å²) in [5.41, 5.74) is -6.27. The Hall–Kier alpha value is -5.72. The summed E-state index contributed by atoms with van der Waals surface area (Å²) in [6, 6.07) is 16.8. The molecule has 0 unspecified atom stereocenters. The van der Waals surface area contributed by atoms with Crippen LogP contribution in [-0.4, -0.2) is 13.9 Å². The topological polar surface area (TPSA) is 0 Å². The van der Waals surface area contributed by atoms with Gasteiger partial charge in [0.15, 0.2) is 58.2 Å². The number of hydrogen-bond donors (Lipinski definition) is 0. The molecule has 0 saturated carbocycles. The highest BCUT2D eigenvalue weighted by Crippen LogP contribution is 2.85. The van der Waals surface area contributed by atoms with E-state index in [1.54, 1.807) is 19.6 Å². The summed E-state index contributed by atoms with van der Waals surface area (Å²) < 4.78 is 241. The standard InChI is InChI=1S/C43H23BF15PSi/c1-61(2,3)19-18-20-12-10-11-17-23(20)43-25(24-28(45)34(51)40(57)35(52)29(24)46)44(26-30(47)36(53)41(58)37(54)31(26)48,27-32(49)38(55)42(59)39(56)33(27)50)60(43,21-13-6-4-7-14-21)22-15-8-5-9-16-22/h4-17H,1-3H3. The lowest BCUT2D eigenvalue weighted by Gasteiger charge is -2.62. The van der Waals surface area contributed by atoms with Gasteiger partial charge in [-0.25, -0.2) is 65.9 Å². The molecule has 6 aromatic rings. The number of rotatable bonds is 6. The minimum Gasteiger partial charge on any atom is -0.207 e. The molecule has 1 aliphatic heterocycles. The SMILES string of the molecule is C[Si](C)(C)C#Cc1ccccc1C1=C(c2c(F)c(F)c(F)c(F)c2F)[B-](c2c(F)c(F)c(F)c(F)c2F)(c2c(F)c(F)c(F)c(F)c2F)[P+]1(c1ccccc1)c1ccccc1. The third-order valence-corrected chi connectivity index (χ3v) is 16.7. The molecule has 0 spiro atoms. The highest BCUT2D eigenvalue weighted by Gasteiger charge is 2.75. The molecule has 0 aliphatic carbocycles. The van der Waals surface area contributed by atoms with E-state index in [2.05, 4.69) is 11.5 Å². The van der Waals surface area contributed by atoms with Crippen LogP contribution in [0.4, 0.5) is 65.9 Å². The monoisotopic (exact) mass is 894 g/mol. The van der Waals surface area contributed by atoms with Crippen LogP contribution in [-0.2, 0) is 0 Å². The molecule has 1 heterocycles. The van der Waals surface area contributed by atoms with Gasteiger partial charge in [-0.05, 0) is 37.5 Å². The van der Waals surface area contributed by atoms with Crippen molar-refractivity contribution in [3.63, 3.8) is 0 Å². The molecule has 0 nitrogen and oxygen atoms in total. The molecule has 0 radical (unpaired) electrons. The molecule has 0 saturated heterocycles. The minimum atomic E-state index is -5.52. The van der Waals surface area contributed by atoms with E-state index in [0.717, 1.165) is 30.3 Å². The number of benzene rings is 6. The van der Waals surface area contributed by atoms with Gasteiger partial charge in [0.1, 0.15) is 31.3 Å². The Morgan fingerprint density at radius 1 is 0.410 bits per heavy atom. The molecule has 0 bridgehead atoms. The van der Waals surface area contributed by atoms with Crippen molar-refractivity contribution in [1.29, 1.82) is 0 Å². The summed E-state index contributed by atoms with van der Waals surface area (Å²) in [5.74, 6) is -45.9. The molecule has 61 heavy (non-hydrogen) atoms. The van der Waals surface area contributed by atoms with Crippen LogP contribution < -0.4 is 21.5 Å². The first-order chi connectivity index (χ1) is 28.7. The fourth-order valence-electron chi connectivity index (χ4n) is 8.24. The van der Waals surface area contributed by atoms with E-state index >= 15 is 52.7 Å². The average molecular weight is 894 g/mol. The second-order valence-corrected chi connectivity index (χ2v) is 23.4. The Labute approximate surface area is 338 Å². The third-order valence-electron chi connectivity index (χ3n) is 10.5. The van der Waals surface area contributed by atoms with Crippen molar-refractivity contribution in [2.24, 2.45) is 0 Å². The fraction of sp³-hybridized carbons (Fsp3) is 0.0698. The van der Waals surface area contributed by atoms with E-state index in [9.17, 15) is 13.2 Å². The summed E-state index contributed by atoms with van der Waals surface area (Å²) >= 11 is 0. The molecule has 7 rings (SSSR count). The van der Waals surface area contributed by atoms with Crippen molar-refractivity contribution in [2.45, 2.75) is 19.6 Å². The minimum absolute atomic E-state index is 0.156. The summed E-state index contributed by atoms with van der Waals surface area (Å²) in [5, 5.41) is -1.60. The van der Waals surface area contributed by atoms with Crippen LogP contribution in [0.1, 0.15) is 16.7 Å². The Morgan fingerprint density at radius 3 is 1.11 bits per heavy atom. The average Bonchev–Trinajstić information content (AvgIpc) is 3.24. The van der Waals surface area contributed by atoms with Gasteiger partial charge in [0, 0.05) is 22.0 Å². The molecule has 0 atom stereocenters. The summed E-state index contributed by atoms with van der Waals surface area (Å²) in [4.78, 5) is 0. The quantitative estimate of drug-likeness (QED) is 0.0390. The zero-order valence-corrected chi connectivity index (χ0v) is 33.2. The first-order valence-corrected chi connectivity index (χ1v) is 23.1. The molecular weight excluding hydrogens is 871 g/mol. The maximum atomic E-state index is 17.1. The smallest absolute Gasteiger partial charge is 0.207 e. The van der Waals surface area contributed by atoms with Crippen LogP contribution in [0.5, 0.6) is 0 Å². The van der Waals surface area contributed by atoms with Gasteiger partial charge in [0.25, 0.3) is 5.87 Å². The van der Waals surface area contributed by atoms with Crippen LogP contribution in [0.3, 0.4) is 0 Å². The van der Waals surface area contributed by atoms with E-state index in [1.807, 2.05) is 0 Å². The lowest BCUT2D eigenvalue weighted by atomic mass is 9.31. The van der Waals surface area contributed by atoms with Gasteiger partial charge in [0.2, 0.25) is 5.82 Å². The summed E-state index contributed by atoms with van der Waals surface area (Å²) in [7, 11) is -7.70. The molecule has 0 amide bonds. The Balaban J connectivity index is 2.01. The van der Waals surface area contributed by atoms with Crippen molar-refractivity contribution in [3.8, 4) is 11.5 Å². The van der Waals surface area contributed by atoms with Gasteiger partial charge in [-0.15, -0.1) is 11.0 Å². The lowest BCUT2D eigenvalue weighted by molar-refractivity contribution is 0.376. The third kappa shape index (κ3) is 6.07. The highest BCUT2D eigenvalue weighted by molar-refractivity contribution is 8.32. The van der Waals surface area contributed by atoms with Crippen molar-refractivity contribution < 1.29 is 65.9 Å². The fourth-order valence-corrected chi connectivity index (χ4v) is 15.1. The van der Waals surface area contributed by atoms with Gasteiger partial charge in [-0.1, -0.05) is 91.1 Å². The Morgan fingerprint density at radius 2 is 0.738 bits per heavy atom. The zero-order valence-electron chi connectivity index (χ0n) is 31.3. The van der Waals surface area contributed by atoms with Crippen LogP contribution >= 0.6 is 7.14 Å². The van der Waals surface area contributed by atoms with Gasteiger partial charge < -0.3 is 0 Å². The highest BCUT2D eigenvalue weighted by atomic mass is 31.2. The molecule has 18 heteroatoms. The van der Waals surface area contributed by atoms with Crippen LogP contribution in [0.2, 0.25) is 19.6 Å². The van der Waals surface area contributed by atoms with E-state index in [-0.39, 0.29) is 5.56 Å². The van der Waals surface area contributed by atoms with Crippen LogP contribution in [0.15, 0.2) is 84.9 Å². The molecule has 312 valence electrons.